The number of nitrogen functional groups attached to an aromatic ring is 1. The number of anilines is 3. The zero-order chi connectivity index (χ0) is 13.9. The van der Waals surface area contributed by atoms with Gasteiger partial charge in [0.1, 0.15) is 5.82 Å². The Morgan fingerprint density at radius 2 is 1.75 bits per heavy atom. The van der Waals surface area contributed by atoms with Crippen LogP contribution >= 0.6 is 0 Å². The SMILES string of the molecule is Cc1cc(N)ccc1N1CCN(c2ccccn2)CC1. The van der Waals surface area contributed by atoms with Crippen LogP contribution in [0.3, 0.4) is 0 Å². The van der Waals surface area contributed by atoms with E-state index in [-0.39, 0.29) is 0 Å². The molecule has 0 saturated carbocycles. The molecule has 0 radical (unpaired) electrons. The molecule has 3 rings (SSSR count). The van der Waals surface area contributed by atoms with Crippen molar-refractivity contribution in [3.63, 3.8) is 0 Å². The molecule has 2 heterocycles. The number of nitrogens with zero attached hydrogens (tertiary/aromatic N) is 3. The molecule has 1 fully saturated rings. The van der Waals surface area contributed by atoms with Crippen LogP contribution in [0.4, 0.5) is 17.2 Å². The number of hydrogen-bond donors (Lipinski definition) is 1. The highest BCUT2D eigenvalue weighted by molar-refractivity contribution is 5.60. The molecule has 0 bridgehead atoms. The molecule has 4 heteroatoms. The average Bonchev–Trinajstić information content (AvgIpc) is 2.48. The number of piperazine rings is 1. The van der Waals surface area contributed by atoms with Crippen molar-refractivity contribution in [2.75, 3.05) is 41.7 Å². The number of aromatic nitrogens is 1. The number of pyridine rings is 1. The predicted octanol–water partition coefficient (Wildman–Crippen LogP) is 2.30. The first-order chi connectivity index (χ1) is 9.74. The highest BCUT2D eigenvalue weighted by Gasteiger charge is 2.19. The third-order valence-corrected chi connectivity index (χ3v) is 3.81. The number of hydrogen-bond acceptors (Lipinski definition) is 4. The molecule has 1 aliphatic heterocycles. The van der Waals surface area contributed by atoms with Gasteiger partial charge < -0.3 is 15.5 Å². The maximum absolute atomic E-state index is 5.82. The van der Waals surface area contributed by atoms with Crippen molar-refractivity contribution in [1.29, 1.82) is 0 Å². The fraction of sp³-hybridized carbons (Fsp3) is 0.312. The summed E-state index contributed by atoms with van der Waals surface area (Å²) in [5.74, 6) is 1.07. The molecule has 0 unspecified atom stereocenters. The molecule has 0 spiro atoms. The van der Waals surface area contributed by atoms with Crippen molar-refractivity contribution in [2.24, 2.45) is 0 Å². The Morgan fingerprint density at radius 3 is 2.40 bits per heavy atom. The quantitative estimate of drug-likeness (QED) is 0.849. The van der Waals surface area contributed by atoms with E-state index in [1.807, 2.05) is 30.5 Å². The second-order valence-electron chi connectivity index (χ2n) is 5.21. The van der Waals surface area contributed by atoms with Crippen LogP contribution in [0.5, 0.6) is 0 Å². The van der Waals surface area contributed by atoms with E-state index in [1.54, 1.807) is 0 Å². The van der Waals surface area contributed by atoms with Crippen molar-refractivity contribution in [1.82, 2.24) is 4.98 Å². The Hall–Kier alpha value is -2.23. The molecule has 2 N–H and O–H groups in total. The van der Waals surface area contributed by atoms with E-state index in [9.17, 15) is 0 Å². The maximum Gasteiger partial charge on any atom is 0.128 e. The normalized spacial score (nSPS) is 15.4. The summed E-state index contributed by atoms with van der Waals surface area (Å²) in [6.45, 7) is 6.15. The van der Waals surface area contributed by atoms with E-state index in [2.05, 4.69) is 33.8 Å². The van der Waals surface area contributed by atoms with Gasteiger partial charge in [0.15, 0.2) is 0 Å². The summed E-state index contributed by atoms with van der Waals surface area (Å²) in [6.07, 6.45) is 1.85. The molecular weight excluding hydrogens is 248 g/mol. The molecule has 1 saturated heterocycles. The summed E-state index contributed by atoms with van der Waals surface area (Å²) in [7, 11) is 0. The van der Waals surface area contributed by atoms with Crippen LogP contribution < -0.4 is 15.5 Å². The van der Waals surface area contributed by atoms with E-state index in [1.165, 1.54) is 11.3 Å². The lowest BCUT2D eigenvalue weighted by atomic mass is 10.1. The maximum atomic E-state index is 5.82. The summed E-state index contributed by atoms with van der Waals surface area (Å²) in [5, 5.41) is 0. The van der Waals surface area contributed by atoms with E-state index >= 15 is 0 Å². The summed E-state index contributed by atoms with van der Waals surface area (Å²) in [4.78, 5) is 9.18. The number of benzene rings is 1. The van der Waals surface area contributed by atoms with Gasteiger partial charge in [-0.05, 0) is 42.8 Å². The first kappa shape index (κ1) is 12.8. The lowest BCUT2D eigenvalue weighted by Crippen LogP contribution is -2.47. The van der Waals surface area contributed by atoms with Crippen LogP contribution in [0.1, 0.15) is 5.56 Å². The first-order valence-corrected chi connectivity index (χ1v) is 7.01. The lowest BCUT2D eigenvalue weighted by molar-refractivity contribution is 0.646. The molecule has 1 aromatic carbocycles. The smallest absolute Gasteiger partial charge is 0.128 e. The summed E-state index contributed by atoms with van der Waals surface area (Å²) in [5.41, 5.74) is 9.19. The fourth-order valence-electron chi connectivity index (χ4n) is 2.75. The number of nitrogens with two attached hydrogens (primary N) is 1. The second-order valence-corrected chi connectivity index (χ2v) is 5.21. The van der Waals surface area contributed by atoms with Gasteiger partial charge in [0.2, 0.25) is 0 Å². The standard InChI is InChI=1S/C16H20N4/c1-13-12-14(17)5-6-15(13)19-8-10-20(11-9-19)16-4-2-3-7-18-16/h2-7,12H,8-11,17H2,1H3. The van der Waals surface area contributed by atoms with Gasteiger partial charge in [-0.2, -0.15) is 0 Å². The largest absolute Gasteiger partial charge is 0.399 e. The molecule has 0 aliphatic carbocycles. The third-order valence-electron chi connectivity index (χ3n) is 3.81. The topological polar surface area (TPSA) is 45.4 Å². The van der Waals surface area contributed by atoms with E-state index < -0.39 is 0 Å². The van der Waals surface area contributed by atoms with Gasteiger partial charge in [0, 0.05) is 43.8 Å². The zero-order valence-corrected chi connectivity index (χ0v) is 11.8. The first-order valence-electron chi connectivity index (χ1n) is 7.01. The van der Waals surface area contributed by atoms with E-state index in [0.29, 0.717) is 0 Å². The molecule has 104 valence electrons. The highest BCUT2D eigenvalue weighted by Crippen LogP contribution is 2.24. The molecule has 1 aliphatic rings. The van der Waals surface area contributed by atoms with Crippen molar-refractivity contribution >= 4 is 17.2 Å². The molecule has 4 nitrogen and oxygen atoms in total. The monoisotopic (exact) mass is 268 g/mol. The number of aryl methyl sites for hydroxylation is 1. The minimum atomic E-state index is 0.832. The van der Waals surface area contributed by atoms with Gasteiger partial charge in [-0.1, -0.05) is 6.07 Å². The van der Waals surface area contributed by atoms with Crippen molar-refractivity contribution in [3.8, 4) is 0 Å². The van der Waals surface area contributed by atoms with Crippen LogP contribution in [0.25, 0.3) is 0 Å². The van der Waals surface area contributed by atoms with Gasteiger partial charge in [-0.25, -0.2) is 4.98 Å². The molecule has 1 aromatic heterocycles. The van der Waals surface area contributed by atoms with Crippen LogP contribution in [-0.2, 0) is 0 Å². The van der Waals surface area contributed by atoms with Gasteiger partial charge in [-0.3, -0.25) is 0 Å². The molecular formula is C16H20N4. The Bertz CT molecular complexity index is 574. The van der Waals surface area contributed by atoms with Crippen LogP contribution in [0, 0.1) is 6.92 Å². The van der Waals surface area contributed by atoms with E-state index in [0.717, 1.165) is 37.7 Å². The molecule has 20 heavy (non-hydrogen) atoms. The van der Waals surface area contributed by atoms with E-state index in [4.69, 9.17) is 5.73 Å². The second kappa shape index (κ2) is 5.41. The Balaban J connectivity index is 1.69. The fourth-order valence-corrected chi connectivity index (χ4v) is 2.75. The van der Waals surface area contributed by atoms with Crippen LogP contribution in [-0.4, -0.2) is 31.2 Å². The molecule has 0 amide bonds. The van der Waals surface area contributed by atoms with Crippen molar-refractivity contribution < 1.29 is 0 Å². The zero-order valence-electron chi connectivity index (χ0n) is 11.8. The van der Waals surface area contributed by atoms with Crippen molar-refractivity contribution in [2.45, 2.75) is 6.92 Å². The lowest BCUT2D eigenvalue weighted by Gasteiger charge is -2.37. The Kier molecular flexibility index (Phi) is 3.46. The molecule has 0 atom stereocenters. The summed E-state index contributed by atoms with van der Waals surface area (Å²) >= 11 is 0. The number of rotatable bonds is 2. The summed E-state index contributed by atoms with van der Waals surface area (Å²) < 4.78 is 0. The van der Waals surface area contributed by atoms with Crippen LogP contribution in [0.2, 0.25) is 0 Å². The molecule has 2 aromatic rings. The predicted molar refractivity (Wildman–Crippen MR) is 84.3 cm³/mol. The van der Waals surface area contributed by atoms with Crippen molar-refractivity contribution in [3.05, 3.63) is 48.2 Å². The van der Waals surface area contributed by atoms with Gasteiger partial charge in [0.05, 0.1) is 0 Å². The third kappa shape index (κ3) is 2.54. The Labute approximate surface area is 119 Å². The van der Waals surface area contributed by atoms with Gasteiger partial charge in [-0.15, -0.1) is 0 Å². The highest BCUT2D eigenvalue weighted by atomic mass is 15.3. The van der Waals surface area contributed by atoms with Crippen LogP contribution in [0.15, 0.2) is 42.6 Å². The minimum Gasteiger partial charge on any atom is -0.399 e. The van der Waals surface area contributed by atoms with Gasteiger partial charge >= 0.3 is 0 Å². The minimum absolute atomic E-state index is 0.832. The summed E-state index contributed by atoms with van der Waals surface area (Å²) in [6, 6.07) is 12.2. The van der Waals surface area contributed by atoms with Gasteiger partial charge in [0.25, 0.3) is 0 Å². The Morgan fingerprint density at radius 1 is 1.00 bits per heavy atom. The average molecular weight is 268 g/mol.